The van der Waals surface area contributed by atoms with Crippen LogP contribution in [0.3, 0.4) is 0 Å². The average molecular weight is 277 g/mol. The topological polar surface area (TPSA) is 47.6 Å². The van der Waals surface area contributed by atoms with Crippen LogP contribution in [0.5, 0.6) is 0 Å². The third-order valence-electron chi connectivity index (χ3n) is 2.46. The highest BCUT2D eigenvalue weighted by molar-refractivity contribution is 9.10. The van der Waals surface area contributed by atoms with E-state index in [-0.39, 0.29) is 0 Å². The van der Waals surface area contributed by atoms with Gasteiger partial charge in [-0.1, -0.05) is 35.3 Å². The van der Waals surface area contributed by atoms with Crippen molar-refractivity contribution < 1.29 is 0 Å². The maximum atomic E-state index is 9.03. The molecule has 0 fully saturated rings. The summed E-state index contributed by atoms with van der Waals surface area (Å²) in [5, 5.41) is 17.7. The van der Waals surface area contributed by atoms with Crippen LogP contribution in [0.4, 0.5) is 0 Å². The lowest BCUT2D eigenvalue weighted by atomic mass is 9.99. The fraction of sp³-hybridized carbons (Fsp3) is 0.385. The van der Waals surface area contributed by atoms with Crippen molar-refractivity contribution in [1.29, 1.82) is 10.5 Å². The minimum atomic E-state index is 0.380. The van der Waals surface area contributed by atoms with Gasteiger partial charge in [0.2, 0.25) is 0 Å². The summed E-state index contributed by atoms with van der Waals surface area (Å²) in [5.74, 6) is 0. The average Bonchev–Trinajstić information content (AvgIpc) is 2.29. The van der Waals surface area contributed by atoms with Crippen LogP contribution in [-0.2, 0) is 12.8 Å². The van der Waals surface area contributed by atoms with Gasteiger partial charge in [0.25, 0.3) is 0 Å². The van der Waals surface area contributed by atoms with Crippen molar-refractivity contribution in [2.75, 3.05) is 0 Å². The van der Waals surface area contributed by atoms with Crippen LogP contribution in [0.15, 0.2) is 16.6 Å². The van der Waals surface area contributed by atoms with E-state index in [0.29, 0.717) is 12.0 Å². The highest BCUT2D eigenvalue weighted by Gasteiger charge is 2.07. The van der Waals surface area contributed by atoms with Gasteiger partial charge in [0.15, 0.2) is 0 Å². The van der Waals surface area contributed by atoms with Crippen molar-refractivity contribution >= 4 is 15.9 Å². The van der Waals surface area contributed by atoms with E-state index in [0.717, 1.165) is 34.9 Å². The summed E-state index contributed by atoms with van der Waals surface area (Å²) >= 11 is 3.39. The van der Waals surface area contributed by atoms with Gasteiger partial charge in [-0.3, -0.25) is 0 Å². The Morgan fingerprint density at radius 1 is 1.25 bits per heavy atom. The Morgan fingerprint density at radius 2 is 2.00 bits per heavy atom. The molecule has 0 unspecified atom stereocenters. The number of benzene rings is 1. The molecule has 0 aliphatic heterocycles. The third-order valence-corrected chi connectivity index (χ3v) is 3.20. The smallest absolute Gasteiger partial charge is 0.0994 e. The van der Waals surface area contributed by atoms with Crippen LogP contribution < -0.4 is 0 Å². The molecule has 0 N–H and O–H groups in total. The van der Waals surface area contributed by atoms with E-state index >= 15 is 0 Å². The molecule has 0 atom stereocenters. The molecule has 82 valence electrons. The number of hydrogen-bond acceptors (Lipinski definition) is 2. The second kappa shape index (κ2) is 6.30. The van der Waals surface area contributed by atoms with E-state index < -0.39 is 0 Å². The number of hydrogen-bond donors (Lipinski definition) is 0. The highest BCUT2D eigenvalue weighted by Crippen LogP contribution is 2.23. The molecule has 0 aliphatic rings. The monoisotopic (exact) mass is 276 g/mol. The molecular formula is C13H13BrN2. The molecule has 0 aliphatic carbocycles. The zero-order valence-corrected chi connectivity index (χ0v) is 10.8. The van der Waals surface area contributed by atoms with Crippen molar-refractivity contribution in [3.05, 3.63) is 33.3 Å². The fourth-order valence-corrected chi connectivity index (χ4v) is 2.05. The van der Waals surface area contributed by atoms with Gasteiger partial charge < -0.3 is 0 Å². The fourth-order valence-electron chi connectivity index (χ4n) is 1.57. The Balaban J connectivity index is 3.09. The summed E-state index contributed by atoms with van der Waals surface area (Å²) in [5.41, 5.74) is 2.73. The van der Waals surface area contributed by atoms with E-state index in [9.17, 15) is 0 Å². The third kappa shape index (κ3) is 3.08. The lowest BCUT2D eigenvalue weighted by molar-refractivity contribution is 0.792. The van der Waals surface area contributed by atoms with Crippen molar-refractivity contribution in [3.8, 4) is 12.1 Å². The second-order valence-corrected chi connectivity index (χ2v) is 4.51. The standard InChI is InChI=1S/C13H13BrN2/c1-2-3-4-10-7-11(5-6-15)13(14)8-12(10)9-16/h7-8H,2-5H2,1H3. The summed E-state index contributed by atoms with van der Waals surface area (Å²) in [7, 11) is 0. The van der Waals surface area contributed by atoms with Crippen LogP contribution in [0.2, 0.25) is 0 Å². The van der Waals surface area contributed by atoms with Gasteiger partial charge in [0, 0.05) is 4.47 Å². The summed E-state index contributed by atoms with van der Waals surface area (Å²) in [6.07, 6.45) is 3.47. The maximum absolute atomic E-state index is 9.03. The lowest BCUT2D eigenvalue weighted by Crippen LogP contribution is -1.95. The predicted octanol–water partition coefficient (Wildman–Crippen LogP) is 3.73. The Bertz CT molecular complexity index is 452. The largest absolute Gasteiger partial charge is 0.198 e. The van der Waals surface area contributed by atoms with E-state index in [1.807, 2.05) is 12.1 Å². The molecule has 0 amide bonds. The van der Waals surface area contributed by atoms with E-state index in [1.165, 1.54) is 0 Å². The number of halogens is 1. The quantitative estimate of drug-likeness (QED) is 0.841. The molecule has 1 aromatic carbocycles. The SMILES string of the molecule is CCCCc1cc(CC#N)c(Br)cc1C#N. The minimum Gasteiger partial charge on any atom is -0.198 e. The second-order valence-electron chi connectivity index (χ2n) is 3.65. The predicted molar refractivity (Wildman–Crippen MR) is 66.8 cm³/mol. The molecule has 3 heteroatoms. The molecule has 0 aromatic heterocycles. The van der Waals surface area contributed by atoms with Crippen LogP contribution >= 0.6 is 15.9 Å². The molecule has 0 saturated heterocycles. The van der Waals surface area contributed by atoms with Gasteiger partial charge >= 0.3 is 0 Å². The minimum absolute atomic E-state index is 0.380. The first-order valence-corrected chi connectivity index (χ1v) is 6.10. The number of aryl methyl sites for hydroxylation is 1. The van der Waals surface area contributed by atoms with Crippen LogP contribution in [0, 0.1) is 22.7 Å². The molecule has 2 nitrogen and oxygen atoms in total. The van der Waals surface area contributed by atoms with Gasteiger partial charge in [-0.2, -0.15) is 10.5 Å². The Hall–Kier alpha value is -1.32. The van der Waals surface area contributed by atoms with Gasteiger partial charge in [0.05, 0.1) is 24.1 Å². The van der Waals surface area contributed by atoms with E-state index in [1.54, 1.807) is 0 Å². The summed E-state index contributed by atoms with van der Waals surface area (Å²) in [6.45, 7) is 2.13. The Morgan fingerprint density at radius 3 is 2.56 bits per heavy atom. The van der Waals surface area contributed by atoms with E-state index in [4.69, 9.17) is 10.5 Å². The molecule has 16 heavy (non-hydrogen) atoms. The Kier molecular flexibility index (Phi) is 5.02. The van der Waals surface area contributed by atoms with Gasteiger partial charge in [-0.05, 0) is 30.0 Å². The molecule has 0 radical (unpaired) electrons. The highest BCUT2D eigenvalue weighted by atomic mass is 79.9. The van der Waals surface area contributed by atoms with Crippen molar-refractivity contribution in [3.63, 3.8) is 0 Å². The van der Waals surface area contributed by atoms with Crippen LogP contribution in [-0.4, -0.2) is 0 Å². The number of rotatable bonds is 4. The van der Waals surface area contributed by atoms with Crippen LogP contribution in [0.25, 0.3) is 0 Å². The van der Waals surface area contributed by atoms with Gasteiger partial charge in [0.1, 0.15) is 0 Å². The molecular weight excluding hydrogens is 264 g/mol. The van der Waals surface area contributed by atoms with Gasteiger partial charge in [-0.25, -0.2) is 0 Å². The van der Waals surface area contributed by atoms with Crippen LogP contribution in [0.1, 0.15) is 36.5 Å². The normalized spacial score (nSPS) is 9.50. The van der Waals surface area contributed by atoms with Crippen molar-refractivity contribution in [2.45, 2.75) is 32.6 Å². The first kappa shape index (κ1) is 12.7. The number of unbranched alkanes of at least 4 members (excludes halogenated alkanes) is 1. The Labute approximate surface area is 105 Å². The summed E-state index contributed by atoms with van der Waals surface area (Å²) in [6, 6.07) is 8.13. The first-order chi connectivity index (χ1) is 7.72. The van der Waals surface area contributed by atoms with E-state index in [2.05, 4.69) is 35.0 Å². The molecule has 0 spiro atoms. The zero-order chi connectivity index (χ0) is 12.0. The number of nitriles is 2. The van der Waals surface area contributed by atoms with Crippen molar-refractivity contribution in [1.82, 2.24) is 0 Å². The van der Waals surface area contributed by atoms with Gasteiger partial charge in [-0.15, -0.1) is 0 Å². The first-order valence-electron chi connectivity index (χ1n) is 5.31. The lowest BCUT2D eigenvalue weighted by Gasteiger charge is -2.07. The number of nitrogens with zero attached hydrogens (tertiary/aromatic N) is 2. The molecule has 1 rings (SSSR count). The maximum Gasteiger partial charge on any atom is 0.0994 e. The summed E-state index contributed by atoms with van der Waals surface area (Å²) < 4.78 is 0.853. The summed E-state index contributed by atoms with van der Waals surface area (Å²) in [4.78, 5) is 0. The molecule has 1 aromatic rings. The molecule has 0 bridgehead atoms. The molecule has 0 heterocycles. The van der Waals surface area contributed by atoms with Crippen molar-refractivity contribution in [2.24, 2.45) is 0 Å². The molecule has 0 saturated carbocycles. The zero-order valence-electron chi connectivity index (χ0n) is 9.26.